The zero-order chi connectivity index (χ0) is 20.7. The topological polar surface area (TPSA) is 40.6 Å². The normalized spacial score (nSPS) is 18.2. The third-order valence-electron chi connectivity index (χ3n) is 5.62. The molecular weight excluding hydrogens is 407 g/mol. The monoisotopic (exact) mass is 428 g/mol. The Morgan fingerprint density at radius 1 is 0.966 bits per heavy atom. The van der Waals surface area contributed by atoms with Gasteiger partial charge in [0, 0.05) is 23.7 Å². The molecule has 0 N–H and O–H groups in total. The molecule has 0 atom stereocenters. The second-order valence-electron chi connectivity index (χ2n) is 7.80. The van der Waals surface area contributed by atoms with Gasteiger partial charge in [0.1, 0.15) is 5.70 Å². The van der Waals surface area contributed by atoms with Crippen LogP contribution in [-0.4, -0.2) is 29.8 Å². The van der Waals surface area contributed by atoms with E-state index >= 15 is 0 Å². The van der Waals surface area contributed by atoms with Gasteiger partial charge in [-0.1, -0.05) is 48.3 Å². The molecule has 29 heavy (non-hydrogen) atoms. The number of nitrogens with zero attached hydrogens (tertiary/aromatic N) is 2. The summed E-state index contributed by atoms with van der Waals surface area (Å²) in [7, 11) is 0. The predicted octanol–water partition coefficient (Wildman–Crippen LogP) is 5.32. The van der Waals surface area contributed by atoms with E-state index in [1.54, 1.807) is 24.3 Å². The van der Waals surface area contributed by atoms with E-state index in [4.69, 9.17) is 23.2 Å². The van der Waals surface area contributed by atoms with Gasteiger partial charge >= 0.3 is 0 Å². The van der Waals surface area contributed by atoms with Gasteiger partial charge in [0.25, 0.3) is 11.8 Å². The quantitative estimate of drug-likeness (QED) is 0.621. The molecule has 0 unspecified atom stereocenters. The van der Waals surface area contributed by atoms with Crippen molar-refractivity contribution in [1.82, 2.24) is 4.90 Å². The molecule has 2 aliphatic rings. The van der Waals surface area contributed by atoms with Crippen LogP contribution in [0.1, 0.15) is 30.9 Å². The molecule has 1 saturated heterocycles. The molecule has 4 rings (SSSR count). The second kappa shape index (κ2) is 7.85. The Hall–Kier alpha value is -2.30. The van der Waals surface area contributed by atoms with Crippen LogP contribution in [0.3, 0.4) is 0 Å². The maximum Gasteiger partial charge on any atom is 0.282 e. The highest BCUT2D eigenvalue weighted by molar-refractivity contribution is 6.47. The summed E-state index contributed by atoms with van der Waals surface area (Å²) in [5, 5.41) is 0.850. The Labute approximate surface area is 180 Å². The minimum atomic E-state index is -0.349. The Balaban J connectivity index is 1.85. The number of aryl methyl sites for hydroxylation is 1. The van der Waals surface area contributed by atoms with Gasteiger partial charge in [0.2, 0.25) is 0 Å². The molecule has 1 fully saturated rings. The second-order valence-corrected chi connectivity index (χ2v) is 8.65. The average molecular weight is 429 g/mol. The number of halogens is 2. The highest BCUT2D eigenvalue weighted by atomic mass is 35.5. The van der Waals surface area contributed by atoms with Crippen LogP contribution in [0.4, 0.5) is 5.69 Å². The van der Waals surface area contributed by atoms with Gasteiger partial charge in [-0.3, -0.25) is 9.59 Å². The van der Waals surface area contributed by atoms with Crippen LogP contribution in [0.5, 0.6) is 0 Å². The molecule has 6 heteroatoms. The van der Waals surface area contributed by atoms with Crippen molar-refractivity contribution >= 4 is 46.3 Å². The molecule has 0 radical (unpaired) electrons. The Bertz CT molecular complexity index is 1020. The van der Waals surface area contributed by atoms with E-state index < -0.39 is 0 Å². The minimum Gasteiger partial charge on any atom is -0.366 e. The van der Waals surface area contributed by atoms with E-state index in [9.17, 15) is 9.59 Å². The molecule has 0 aliphatic carbocycles. The van der Waals surface area contributed by atoms with Crippen LogP contribution < -0.4 is 4.90 Å². The molecule has 2 aromatic rings. The van der Waals surface area contributed by atoms with Crippen molar-refractivity contribution in [1.29, 1.82) is 0 Å². The van der Waals surface area contributed by atoms with Crippen LogP contribution >= 0.6 is 23.2 Å². The Morgan fingerprint density at radius 2 is 1.69 bits per heavy atom. The van der Waals surface area contributed by atoms with E-state index in [1.165, 1.54) is 4.90 Å². The van der Waals surface area contributed by atoms with Crippen molar-refractivity contribution in [3.05, 3.63) is 69.3 Å². The van der Waals surface area contributed by atoms with E-state index in [0.29, 0.717) is 38.5 Å². The lowest BCUT2D eigenvalue weighted by Gasteiger charge is -2.32. The van der Waals surface area contributed by atoms with Gasteiger partial charge < -0.3 is 4.90 Å². The summed E-state index contributed by atoms with van der Waals surface area (Å²) in [4.78, 5) is 30.3. The molecule has 0 aromatic heterocycles. The van der Waals surface area contributed by atoms with Crippen LogP contribution in [0.25, 0.3) is 5.57 Å². The fraction of sp³-hybridized carbons (Fsp3) is 0.304. The fourth-order valence-corrected chi connectivity index (χ4v) is 4.48. The molecule has 2 aromatic carbocycles. The number of carbonyl (C=O) groups excluding carboxylic acids is 2. The first-order valence-electron chi connectivity index (χ1n) is 9.77. The maximum atomic E-state index is 13.5. The van der Waals surface area contributed by atoms with E-state index in [1.807, 2.05) is 30.0 Å². The fourth-order valence-electron chi connectivity index (χ4n) is 3.98. The number of anilines is 1. The Morgan fingerprint density at radius 3 is 2.34 bits per heavy atom. The molecule has 0 bridgehead atoms. The van der Waals surface area contributed by atoms with Crippen molar-refractivity contribution < 1.29 is 9.59 Å². The summed E-state index contributed by atoms with van der Waals surface area (Å²) in [6.07, 6.45) is 1.97. The summed E-state index contributed by atoms with van der Waals surface area (Å²) in [6, 6.07) is 12.4. The number of imide groups is 1. The Kier molecular flexibility index (Phi) is 5.41. The summed E-state index contributed by atoms with van der Waals surface area (Å²) < 4.78 is 0. The number of amides is 2. The minimum absolute atomic E-state index is 0.295. The standard InChI is InChI=1S/C23H22Cl2N2O2/c1-14-8-10-26(11-9-14)21-20(18-7-6-16(24)13-19(18)25)22(28)27(23(21)29)17-5-3-4-15(2)12-17/h3-7,12-14H,8-11H2,1-2H3. The van der Waals surface area contributed by atoms with Crippen LogP contribution in [0.15, 0.2) is 48.2 Å². The zero-order valence-corrected chi connectivity index (χ0v) is 17.9. The smallest absolute Gasteiger partial charge is 0.282 e. The number of carbonyl (C=O) groups is 2. The number of hydrogen-bond acceptors (Lipinski definition) is 3. The van der Waals surface area contributed by atoms with Crippen LogP contribution in [0, 0.1) is 12.8 Å². The molecule has 0 spiro atoms. The van der Waals surface area contributed by atoms with Crippen LogP contribution in [0.2, 0.25) is 10.0 Å². The van der Waals surface area contributed by atoms with Crippen molar-refractivity contribution in [3.63, 3.8) is 0 Å². The lowest BCUT2D eigenvalue weighted by Crippen LogP contribution is -2.38. The summed E-state index contributed by atoms with van der Waals surface area (Å²) in [5.74, 6) is -0.0379. The molecule has 2 amide bonds. The van der Waals surface area contributed by atoms with Crippen molar-refractivity contribution in [2.24, 2.45) is 5.92 Å². The largest absolute Gasteiger partial charge is 0.366 e. The van der Waals surface area contributed by atoms with Gasteiger partial charge in [-0.25, -0.2) is 4.90 Å². The zero-order valence-electron chi connectivity index (χ0n) is 16.4. The van der Waals surface area contributed by atoms with Gasteiger partial charge in [-0.2, -0.15) is 0 Å². The number of hydrogen-bond donors (Lipinski definition) is 0. The summed E-state index contributed by atoms with van der Waals surface area (Å²) >= 11 is 12.5. The summed E-state index contributed by atoms with van der Waals surface area (Å²) in [6.45, 7) is 5.63. The molecule has 150 valence electrons. The summed E-state index contributed by atoms with van der Waals surface area (Å²) in [5.41, 5.74) is 2.89. The van der Waals surface area contributed by atoms with Gasteiger partial charge in [-0.05, 0) is 55.5 Å². The number of piperidine rings is 1. The molecule has 0 saturated carbocycles. The van der Waals surface area contributed by atoms with Gasteiger partial charge in [-0.15, -0.1) is 0 Å². The van der Waals surface area contributed by atoms with E-state index in [0.717, 1.165) is 31.5 Å². The maximum absolute atomic E-state index is 13.5. The van der Waals surface area contributed by atoms with Crippen molar-refractivity contribution in [2.45, 2.75) is 26.7 Å². The number of benzene rings is 2. The number of likely N-dealkylation sites (tertiary alicyclic amines) is 1. The third-order valence-corrected chi connectivity index (χ3v) is 6.17. The lowest BCUT2D eigenvalue weighted by atomic mass is 9.97. The van der Waals surface area contributed by atoms with Gasteiger partial charge in [0.15, 0.2) is 0 Å². The van der Waals surface area contributed by atoms with Crippen molar-refractivity contribution in [3.8, 4) is 0 Å². The highest BCUT2D eigenvalue weighted by Crippen LogP contribution is 2.39. The first kappa shape index (κ1) is 20.0. The van der Waals surface area contributed by atoms with Crippen LogP contribution in [-0.2, 0) is 9.59 Å². The van der Waals surface area contributed by atoms with Crippen molar-refractivity contribution in [2.75, 3.05) is 18.0 Å². The molecular formula is C23H22Cl2N2O2. The van der Waals surface area contributed by atoms with E-state index in [2.05, 4.69) is 6.92 Å². The lowest BCUT2D eigenvalue weighted by molar-refractivity contribution is -0.120. The third kappa shape index (κ3) is 3.67. The molecule has 2 aliphatic heterocycles. The molecule has 4 nitrogen and oxygen atoms in total. The van der Waals surface area contributed by atoms with Gasteiger partial charge in [0.05, 0.1) is 16.3 Å². The molecule has 2 heterocycles. The SMILES string of the molecule is Cc1cccc(N2C(=O)C(c3ccc(Cl)cc3Cl)=C(N3CCC(C)CC3)C2=O)c1. The average Bonchev–Trinajstić information content (AvgIpc) is 2.93. The van der Waals surface area contributed by atoms with E-state index in [-0.39, 0.29) is 11.8 Å². The first-order valence-corrected chi connectivity index (χ1v) is 10.5. The first-order chi connectivity index (χ1) is 13.9. The predicted molar refractivity (Wildman–Crippen MR) is 117 cm³/mol. The highest BCUT2D eigenvalue weighted by Gasteiger charge is 2.43. The number of rotatable bonds is 3.